The lowest BCUT2D eigenvalue weighted by atomic mass is 9.99. The Kier molecular flexibility index (Phi) is 7.03. The van der Waals surface area contributed by atoms with Crippen molar-refractivity contribution < 1.29 is 9.18 Å². The lowest BCUT2D eigenvalue weighted by Gasteiger charge is -2.35. The summed E-state index contributed by atoms with van der Waals surface area (Å²) in [6, 6.07) is 3.32. The zero-order chi connectivity index (χ0) is 29.0. The second kappa shape index (κ2) is 10.5. The molecular formula is C29H38FN9O2. The highest BCUT2D eigenvalue weighted by Crippen LogP contribution is 2.44. The van der Waals surface area contributed by atoms with Gasteiger partial charge in [-0.3, -0.25) is 29.5 Å². The lowest BCUT2D eigenvalue weighted by molar-refractivity contribution is -0.123. The maximum absolute atomic E-state index is 14.5. The highest BCUT2D eigenvalue weighted by molar-refractivity contribution is 6.12. The highest BCUT2D eigenvalue weighted by Gasteiger charge is 2.52. The van der Waals surface area contributed by atoms with Crippen molar-refractivity contribution in [1.82, 2.24) is 29.8 Å². The van der Waals surface area contributed by atoms with Gasteiger partial charge in [-0.25, -0.2) is 14.4 Å². The number of guanidine groups is 1. The molecule has 2 fully saturated rings. The van der Waals surface area contributed by atoms with Crippen LogP contribution in [0.1, 0.15) is 46.5 Å². The fourth-order valence-electron chi connectivity index (χ4n) is 6.86. The molecule has 2 saturated carbocycles. The van der Waals surface area contributed by atoms with Gasteiger partial charge in [0.2, 0.25) is 17.8 Å². The molecule has 2 unspecified atom stereocenters. The number of carbonyl (C=O) groups excluding carboxylic acids is 1. The minimum atomic E-state index is -0.523. The van der Waals surface area contributed by atoms with Gasteiger partial charge in [0.1, 0.15) is 5.92 Å². The molecule has 2 aromatic rings. The third-order valence-electron chi connectivity index (χ3n) is 9.31. The van der Waals surface area contributed by atoms with Crippen LogP contribution in [-0.4, -0.2) is 80.4 Å². The smallest absolute Gasteiger partial charge is 0.255 e. The van der Waals surface area contributed by atoms with Crippen LogP contribution in [0.25, 0.3) is 11.3 Å². The molecule has 2 aliphatic carbocycles. The van der Waals surface area contributed by atoms with Crippen LogP contribution in [0.2, 0.25) is 0 Å². The molecule has 2 aromatic heterocycles. The Hall–Kier alpha value is -3.83. The van der Waals surface area contributed by atoms with Crippen LogP contribution >= 0.6 is 0 Å². The van der Waals surface area contributed by atoms with Crippen molar-refractivity contribution in [3.8, 4) is 11.3 Å². The van der Waals surface area contributed by atoms with E-state index in [-0.39, 0.29) is 46.8 Å². The summed E-state index contributed by atoms with van der Waals surface area (Å²) in [5.41, 5.74) is 1.09. The third-order valence-corrected chi connectivity index (χ3v) is 9.31. The molecule has 11 nitrogen and oxygen atoms in total. The number of aliphatic imine (C=N–C) groups is 1. The van der Waals surface area contributed by atoms with Crippen LogP contribution in [0, 0.1) is 23.6 Å². The van der Waals surface area contributed by atoms with E-state index in [0.717, 1.165) is 24.8 Å². The summed E-state index contributed by atoms with van der Waals surface area (Å²) in [5.74, 6) is 0.731. The van der Waals surface area contributed by atoms with E-state index in [1.165, 1.54) is 35.7 Å². The van der Waals surface area contributed by atoms with E-state index in [4.69, 9.17) is 15.1 Å². The molecule has 6 rings (SSSR count). The van der Waals surface area contributed by atoms with Crippen molar-refractivity contribution >= 4 is 23.5 Å². The summed E-state index contributed by atoms with van der Waals surface area (Å²) in [5, 5.41) is 9.94. The lowest BCUT2D eigenvalue weighted by Crippen LogP contribution is -2.56. The van der Waals surface area contributed by atoms with Gasteiger partial charge in [0, 0.05) is 63.0 Å². The molecule has 5 atom stereocenters. The first-order chi connectivity index (χ1) is 19.7. The van der Waals surface area contributed by atoms with Crippen LogP contribution in [0.15, 0.2) is 39.4 Å². The van der Waals surface area contributed by atoms with Crippen molar-refractivity contribution in [3.63, 3.8) is 0 Å². The van der Waals surface area contributed by atoms with E-state index in [1.807, 2.05) is 18.9 Å². The molecule has 2 aliphatic heterocycles. The third kappa shape index (κ3) is 4.76. The predicted octanol–water partition coefficient (Wildman–Crippen LogP) is 2.44. The molecular weight excluding hydrogens is 525 g/mol. The first-order valence-electron chi connectivity index (χ1n) is 14.6. The first-order valence-corrected chi connectivity index (χ1v) is 14.6. The number of hydrogen-bond acceptors (Lipinski definition) is 9. The number of halogens is 1. The van der Waals surface area contributed by atoms with Crippen LogP contribution in [0.5, 0.6) is 0 Å². The number of pyridine rings is 1. The number of nitrogens with one attached hydrogen (secondary N) is 1. The monoisotopic (exact) mass is 563 g/mol. The maximum atomic E-state index is 14.5. The minimum Gasteiger partial charge on any atom is -0.342 e. The van der Waals surface area contributed by atoms with E-state index in [9.17, 15) is 14.0 Å². The van der Waals surface area contributed by atoms with Crippen molar-refractivity contribution in [3.05, 3.63) is 40.7 Å². The van der Waals surface area contributed by atoms with Crippen molar-refractivity contribution in [2.45, 2.75) is 64.7 Å². The SMILES string of the molecule is CCN(C[C@H]1[C@H](C)[C@@H]1N(C)c1nc(-c2ccncc2F)cc(=O)n1C)C1=NC2C(C(=O)N1)C(C)=NN2C1CCCC1. The quantitative estimate of drug-likeness (QED) is 0.551. The average Bonchev–Trinajstić information content (AvgIpc) is 3.27. The fourth-order valence-corrected chi connectivity index (χ4v) is 6.86. The first kappa shape index (κ1) is 27.3. The van der Waals surface area contributed by atoms with Gasteiger partial charge in [0.05, 0.1) is 17.6 Å². The Morgan fingerprint density at radius 1 is 1.22 bits per heavy atom. The number of aromatic nitrogens is 3. The summed E-state index contributed by atoms with van der Waals surface area (Å²) in [6.07, 6.45) is 6.86. The molecule has 41 heavy (non-hydrogen) atoms. The fraction of sp³-hybridized carbons (Fsp3) is 0.586. The molecule has 4 heterocycles. The number of hydrazone groups is 1. The molecule has 0 aromatic carbocycles. The second-order valence-corrected chi connectivity index (χ2v) is 11.8. The van der Waals surface area contributed by atoms with Crippen LogP contribution in [0.4, 0.5) is 10.3 Å². The Labute approximate surface area is 239 Å². The normalized spacial score (nSPS) is 27.3. The summed E-state index contributed by atoms with van der Waals surface area (Å²) in [4.78, 5) is 43.8. The molecule has 218 valence electrons. The van der Waals surface area contributed by atoms with Crippen LogP contribution < -0.4 is 15.8 Å². The number of anilines is 1. The second-order valence-electron chi connectivity index (χ2n) is 11.8. The van der Waals surface area contributed by atoms with Crippen LogP contribution in [0.3, 0.4) is 0 Å². The Morgan fingerprint density at radius 2 is 1.98 bits per heavy atom. The number of amides is 1. The molecule has 1 amide bonds. The number of nitrogens with zero attached hydrogens (tertiary/aromatic N) is 8. The van der Waals surface area contributed by atoms with Crippen LogP contribution in [-0.2, 0) is 11.8 Å². The van der Waals surface area contributed by atoms with E-state index in [0.29, 0.717) is 37.0 Å². The van der Waals surface area contributed by atoms with Crippen molar-refractivity contribution in [2.24, 2.45) is 34.9 Å². The number of carbonyl (C=O) groups is 1. The summed E-state index contributed by atoms with van der Waals surface area (Å²) >= 11 is 0. The van der Waals surface area contributed by atoms with E-state index in [1.54, 1.807) is 7.05 Å². The van der Waals surface area contributed by atoms with Gasteiger partial charge in [-0.15, -0.1) is 0 Å². The summed E-state index contributed by atoms with van der Waals surface area (Å²) < 4.78 is 15.9. The van der Waals surface area contributed by atoms with Gasteiger partial charge < -0.3 is 9.80 Å². The molecule has 12 heteroatoms. The molecule has 0 radical (unpaired) electrons. The Balaban J connectivity index is 1.21. The predicted molar refractivity (Wildman–Crippen MR) is 155 cm³/mol. The molecule has 0 spiro atoms. The van der Waals surface area contributed by atoms with Crippen molar-refractivity contribution in [2.75, 3.05) is 25.0 Å². The molecule has 0 bridgehead atoms. The van der Waals surface area contributed by atoms with Crippen molar-refractivity contribution in [1.29, 1.82) is 0 Å². The summed E-state index contributed by atoms with van der Waals surface area (Å²) in [6.45, 7) is 7.55. The largest absolute Gasteiger partial charge is 0.342 e. The van der Waals surface area contributed by atoms with Gasteiger partial charge in [0.25, 0.3) is 5.56 Å². The standard InChI is InChI=1S/C29H38FN9O2/c1-6-38(28-33-26-24(27(41)34-28)17(3)35-39(26)18-9-7-8-10-18)15-20-16(2)25(20)37(5)29-32-22(13-23(40)36(29)4)19-11-12-31-14-21(19)30/h11-14,16,18,20,24-26H,6-10,15H2,1-5H3,(H,33,34,41)/t16-,20-,24?,25-,26?/m0/s1. The van der Waals surface area contributed by atoms with Gasteiger partial charge in [-0.2, -0.15) is 5.10 Å². The van der Waals surface area contributed by atoms with Gasteiger partial charge in [-0.05, 0) is 38.7 Å². The summed E-state index contributed by atoms with van der Waals surface area (Å²) in [7, 11) is 3.60. The zero-order valence-electron chi connectivity index (χ0n) is 24.3. The molecule has 0 saturated heterocycles. The Morgan fingerprint density at radius 3 is 2.68 bits per heavy atom. The average molecular weight is 564 g/mol. The van der Waals surface area contributed by atoms with E-state index < -0.39 is 5.82 Å². The number of fused-ring (bicyclic) bond motifs is 1. The maximum Gasteiger partial charge on any atom is 0.255 e. The Bertz CT molecular complexity index is 1470. The number of hydrogen-bond donors (Lipinski definition) is 1. The van der Waals surface area contributed by atoms with E-state index >= 15 is 0 Å². The zero-order valence-corrected chi connectivity index (χ0v) is 24.3. The van der Waals surface area contributed by atoms with Gasteiger partial charge in [0.15, 0.2) is 12.0 Å². The number of rotatable bonds is 7. The minimum absolute atomic E-state index is 0.0444. The highest BCUT2D eigenvalue weighted by atomic mass is 19.1. The van der Waals surface area contributed by atoms with Gasteiger partial charge in [-0.1, -0.05) is 19.8 Å². The van der Waals surface area contributed by atoms with Gasteiger partial charge >= 0.3 is 0 Å². The topological polar surface area (TPSA) is 111 Å². The molecule has 4 aliphatic rings. The molecule has 1 N–H and O–H groups in total. The van der Waals surface area contributed by atoms with E-state index in [2.05, 4.69) is 34.1 Å².